The minimum Gasteiger partial charge on any atom is -0.401 e. The van der Waals surface area contributed by atoms with Crippen LogP contribution in [0.15, 0.2) is 6.20 Å². The lowest BCUT2D eigenvalue weighted by molar-refractivity contribution is -0.275. The topological polar surface area (TPSA) is 71.9 Å². The highest BCUT2D eigenvalue weighted by Gasteiger charge is 2.33. The van der Waals surface area contributed by atoms with Crippen molar-refractivity contribution in [1.29, 1.82) is 5.26 Å². The monoisotopic (exact) mass is 249 g/mol. The lowest BCUT2D eigenvalue weighted by atomic mass is 10.1. The molecule has 0 spiro atoms. The Balaban J connectivity index is 3.16. The molecule has 1 rings (SSSR count). The smallest absolute Gasteiger partial charge is 0.401 e. The lowest BCUT2D eigenvalue weighted by Crippen LogP contribution is -2.19. The number of nitriles is 1. The Labute approximate surface area is 93.6 Å². The molecule has 4 nitrogen and oxygen atoms in total. The van der Waals surface area contributed by atoms with Gasteiger partial charge in [-0.05, 0) is 0 Å². The van der Waals surface area contributed by atoms with E-state index in [0.29, 0.717) is 6.20 Å². The first kappa shape index (κ1) is 13.2. The molecular formula is C9H7F4N3O. The van der Waals surface area contributed by atoms with Gasteiger partial charge in [-0.3, -0.25) is 4.98 Å². The number of nitrogens with zero attached hydrogens (tertiary/aromatic N) is 2. The molecule has 0 unspecified atom stereocenters. The van der Waals surface area contributed by atoms with E-state index in [0.717, 1.165) is 0 Å². The second kappa shape index (κ2) is 4.97. The van der Waals surface area contributed by atoms with Gasteiger partial charge in [0.2, 0.25) is 0 Å². The Kier molecular flexibility index (Phi) is 3.85. The zero-order chi connectivity index (χ0) is 13.1. The molecule has 0 amide bonds. The first-order chi connectivity index (χ1) is 7.89. The molecule has 8 heteroatoms. The van der Waals surface area contributed by atoms with Gasteiger partial charge in [-0.25, -0.2) is 4.39 Å². The van der Waals surface area contributed by atoms with Crippen molar-refractivity contribution in [2.75, 3.05) is 0 Å². The van der Waals surface area contributed by atoms with Crippen molar-refractivity contribution in [3.05, 3.63) is 23.3 Å². The van der Waals surface area contributed by atoms with Crippen LogP contribution in [0.1, 0.15) is 11.3 Å². The minimum absolute atomic E-state index is 0.00187. The quantitative estimate of drug-likeness (QED) is 0.826. The van der Waals surface area contributed by atoms with Crippen LogP contribution in [0.3, 0.4) is 0 Å². The third-order valence-electron chi connectivity index (χ3n) is 1.84. The van der Waals surface area contributed by atoms with E-state index < -0.39 is 17.9 Å². The zero-order valence-electron chi connectivity index (χ0n) is 8.38. The highest BCUT2D eigenvalue weighted by Crippen LogP contribution is 2.27. The van der Waals surface area contributed by atoms with E-state index in [1.807, 2.05) is 0 Å². The fourth-order valence-electron chi connectivity index (χ4n) is 1.18. The highest BCUT2D eigenvalue weighted by atomic mass is 19.4. The standard InChI is InChI=1S/C9H7F4N3O/c10-8-5(3-15)6(1-2-14)16-4-7(8)17-9(11,12)13/h4H,1,3,15H2. The largest absolute Gasteiger partial charge is 0.573 e. The SMILES string of the molecule is N#CCc1ncc(OC(F)(F)F)c(F)c1CN. The minimum atomic E-state index is -5.01. The third-order valence-corrected chi connectivity index (χ3v) is 1.84. The summed E-state index contributed by atoms with van der Waals surface area (Å²) in [6.45, 7) is -0.370. The normalized spacial score (nSPS) is 11.1. The Morgan fingerprint density at radius 1 is 1.47 bits per heavy atom. The van der Waals surface area contributed by atoms with Crippen molar-refractivity contribution in [1.82, 2.24) is 4.98 Å². The maximum Gasteiger partial charge on any atom is 0.573 e. The summed E-state index contributed by atoms with van der Waals surface area (Å²) >= 11 is 0. The van der Waals surface area contributed by atoms with Crippen molar-refractivity contribution >= 4 is 0 Å². The molecule has 17 heavy (non-hydrogen) atoms. The van der Waals surface area contributed by atoms with Crippen molar-refractivity contribution < 1.29 is 22.3 Å². The van der Waals surface area contributed by atoms with Gasteiger partial charge in [0.05, 0.1) is 24.4 Å². The van der Waals surface area contributed by atoms with Crippen LogP contribution in [0.25, 0.3) is 0 Å². The molecular weight excluding hydrogens is 242 g/mol. The third kappa shape index (κ3) is 3.29. The molecule has 0 saturated heterocycles. The van der Waals surface area contributed by atoms with Gasteiger partial charge in [0, 0.05) is 12.1 Å². The summed E-state index contributed by atoms with van der Waals surface area (Å²) < 4.78 is 52.7. The molecule has 0 fully saturated rings. The van der Waals surface area contributed by atoms with Gasteiger partial charge in [0.25, 0.3) is 0 Å². The molecule has 0 radical (unpaired) electrons. The van der Waals surface area contributed by atoms with E-state index in [9.17, 15) is 17.6 Å². The maximum atomic E-state index is 13.5. The summed E-state index contributed by atoms with van der Waals surface area (Å²) in [5.74, 6) is -2.30. The molecule has 1 aromatic rings. The van der Waals surface area contributed by atoms with Crippen molar-refractivity contribution in [2.24, 2.45) is 5.73 Å². The molecule has 92 valence electrons. The van der Waals surface area contributed by atoms with Crippen LogP contribution in [0.4, 0.5) is 17.6 Å². The number of alkyl halides is 3. The van der Waals surface area contributed by atoms with Crippen LogP contribution in [0.5, 0.6) is 5.75 Å². The van der Waals surface area contributed by atoms with E-state index in [4.69, 9.17) is 11.0 Å². The summed E-state index contributed by atoms with van der Waals surface area (Å²) in [5.41, 5.74) is 4.93. The number of rotatable bonds is 3. The fraction of sp³-hybridized carbons (Fsp3) is 0.333. The van der Waals surface area contributed by atoms with Crippen LogP contribution >= 0.6 is 0 Å². The number of nitrogens with two attached hydrogens (primary N) is 1. The van der Waals surface area contributed by atoms with E-state index in [1.165, 1.54) is 0 Å². The van der Waals surface area contributed by atoms with Gasteiger partial charge < -0.3 is 10.5 Å². The van der Waals surface area contributed by atoms with E-state index in [-0.39, 0.29) is 24.2 Å². The summed E-state index contributed by atoms with van der Waals surface area (Å²) in [4.78, 5) is 3.52. The van der Waals surface area contributed by atoms with Crippen LogP contribution in [-0.4, -0.2) is 11.3 Å². The molecule has 0 aliphatic rings. The summed E-state index contributed by atoms with van der Waals surface area (Å²) in [6, 6.07) is 1.71. The van der Waals surface area contributed by atoms with Crippen molar-refractivity contribution in [2.45, 2.75) is 19.3 Å². The molecule has 2 N–H and O–H groups in total. The Bertz CT molecular complexity index is 453. The Morgan fingerprint density at radius 3 is 2.59 bits per heavy atom. The highest BCUT2D eigenvalue weighted by molar-refractivity contribution is 5.33. The molecule has 1 heterocycles. The molecule has 1 aromatic heterocycles. The molecule has 0 saturated carbocycles. The zero-order valence-corrected chi connectivity index (χ0v) is 8.38. The van der Waals surface area contributed by atoms with Gasteiger partial charge in [-0.2, -0.15) is 5.26 Å². The van der Waals surface area contributed by atoms with Crippen molar-refractivity contribution in [3.63, 3.8) is 0 Å². The van der Waals surface area contributed by atoms with Crippen LogP contribution in [0, 0.1) is 17.1 Å². The van der Waals surface area contributed by atoms with Crippen LogP contribution < -0.4 is 10.5 Å². The maximum absolute atomic E-state index is 13.5. The van der Waals surface area contributed by atoms with Gasteiger partial charge in [-0.15, -0.1) is 13.2 Å². The fourth-order valence-corrected chi connectivity index (χ4v) is 1.18. The average Bonchev–Trinajstić information content (AvgIpc) is 2.21. The van der Waals surface area contributed by atoms with Gasteiger partial charge in [0.15, 0.2) is 11.6 Å². The van der Waals surface area contributed by atoms with E-state index >= 15 is 0 Å². The van der Waals surface area contributed by atoms with E-state index in [2.05, 4.69) is 9.72 Å². The molecule has 0 atom stereocenters. The lowest BCUT2D eigenvalue weighted by Gasteiger charge is -2.12. The molecule has 0 aliphatic carbocycles. The second-order valence-corrected chi connectivity index (χ2v) is 2.95. The van der Waals surface area contributed by atoms with Crippen molar-refractivity contribution in [3.8, 4) is 11.8 Å². The number of hydrogen-bond acceptors (Lipinski definition) is 4. The summed E-state index contributed by atoms with van der Waals surface area (Å²) in [7, 11) is 0. The number of hydrogen-bond donors (Lipinski definition) is 1. The number of halogens is 4. The second-order valence-electron chi connectivity index (χ2n) is 2.95. The Hall–Kier alpha value is -1.88. The molecule has 0 bridgehead atoms. The first-order valence-corrected chi connectivity index (χ1v) is 4.38. The first-order valence-electron chi connectivity index (χ1n) is 4.38. The molecule has 0 aromatic carbocycles. The summed E-state index contributed by atoms with van der Waals surface area (Å²) in [6.07, 6.45) is -4.67. The Morgan fingerprint density at radius 2 is 2.12 bits per heavy atom. The molecule has 0 aliphatic heterocycles. The summed E-state index contributed by atoms with van der Waals surface area (Å²) in [5, 5.41) is 8.42. The number of aromatic nitrogens is 1. The van der Waals surface area contributed by atoms with Gasteiger partial charge in [-0.1, -0.05) is 0 Å². The average molecular weight is 249 g/mol. The van der Waals surface area contributed by atoms with Crippen LogP contribution in [-0.2, 0) is 13.0 Å². The number of ether oxygens (including phenoxy) is 1. The van der Waals surface area contributed by atoms with Gasteiger partial charge >= 0.3 is 6.36 Å². The van der Waals surface area contributed by atoms with Gasteiger partial charge in [0.1, 0.15) is 0 Å². The van der Waals surface area contributed by atoms with E-state index in [1.54, 1.807) is 6.07 Å². The predicted octanol–water partition coefficient (Wildman–Crippen LogP) is 1.64. The van der Waals surface area contributed by atoms with Crippen LogP contribution in [0.2, 0.25) is 0 Å². The number of pyridine rings is 1. The predicted molar refractivity (Wildman–Crippen MR) is 48.1 cm³/mol.